The molecule has 0 aliphatic carbocycles. The molecule has 0 saturated heterocycles. The van der Waals surface area contributed by atoms with Crippen molar-refractivity contribution in [2.45, 2.75) is 13.5 Å². The van der Waals surface area contributed by atoms with Gasteiger partial charge >= 0.3 is 0 Å². The van der Waals surface area contributed by atoms with Gasteiger partial charge in [-0.05, 0) is 31.7 Å². The maximum absolute atomic E-state index is 12.1. The molecule has 2 rings (SSSR count). The Morgan fingerprint density at radius 2 is 1.73 bits per heavy atom. The number of likely N-dealkylation sites (N-methyl/N-ethyl adjacent to an activating group) is 1. The Morgan fingerprint density at radius 3 is 2.42 bits per heavy atom. The summed E-state index contributed by atoms with van der Waals surface area (Å²) in [4.78, 5) is 25.8. The summed E-state index contributed by atoms with van der Waals surface area (Å²) in [5.74, 6) is 0.362. The number of nitrogens with one attached hydrogen (secondary N) is 2. The number of hydrogen-bond acceptors (Lipinski definition) is 4. The highest BCUT2D eigenvalue weighted by Gasteiger charge is 2.11. The largest absolute Gasteiger partial charge is 0.497 e. The monoisotopic (exact) mass is 355 g/mol. The van der Waals surface area contributed by atoms with Gasteiger partial charge in [-0.2, -0.15) is 0 Å². The molecule has 26 heavy (non-hydrogen) atoms. The molecule has 0 heterocycles. The van der Waals surface area contributed by atoms with Gasteiger partial charge in [-0.1, -0.05) is 35.9 Å². The number of hydrogen-bond donors (Lipinski definition) is 2. The van der Waals surface area contributed by atoms with Crippen molar-refractivity contribution in [1.29, 1.82) is 0 Å². The highest BCUT2D eigenvalue weighted by atomic mass is 16.5. The van der Waals surface area contributed by atoms with Gasteiger partial charge in [0.1, 0.15) is 5.75 Å². The molecule has 0 aromatic heterocycles. The summed E-state index contributed by atoms with van der Waals surface area (Å²) < 4.78 is 5.13. The summed E-state index contributed by atoms with van der Waals surface area (Å²) in [6.45, 7) is 2.77. The van der Waals surface area contributed by atoms with Gasteiger partial charge < -0.3 is 15.4 Å². The number of rotatable bonds is 8. The zero-order chi connectivity index (χ0) is 18.9. The summed E-state index contributed by atoms with van der Waals surface area (Å²) in [6.07, 6.45) is 0. The number of anilines is 1. The lowest BCUT2D eigenvalue weighted by Gasteiger charge is -2.16. The number of amides is 2. The molecule has 2 aromatic carbocycles. The Labute approximate surface area is 154 Å². The molecule has 0 saturated carbocycles. The zero-order valence-electron chi connectivity index (χ0n) is 15.4. The van der Waals surface area contributed by atoms with E-state index >= 15 is 0 Å². The van der Waals surface area contributed by atoms with Crippen LogP contribution in [0.25, 0.3) is 0 Å². The van der Waals surface area contributed by atoms with Crippen LogP contribution < -0.4 is 15.4 Å². The number of ether oxygens (including phenoxy) is 1. The third kappa shape index (κ3) is 6.57. The third-order valence-electron chi connectivity index (χ3n) is 3.79. The molecule has 0 radical (unpaired) electrons. The first-order valence-corrected chi connectivity index (χ1v) is 8.41. The maximum Gasteiger partial charge on any atom is 0.238 e. The van der Waals surface area contributed by atoms with Gasteiger partial charge in [-0.3, -0.25) is 14.5 Å². The lowest BCUT2D eigenvalue weighted by Crippen LogP contribution is -2.38. The Morgan fingerprint density at radius 1 is 1.04 bits per heavy atom. The van der Waals surface area contributed by atoms with E-state index in [2.05, 4.69) is 10.6 Å². The molecule has 0 bridgehead atoms. The van der Waals surface area contributed by atoms with E-state index in [-0.39, 0.29) is 24.9 Å². The number of aryl methyl sites for hydroxylation is 1. The van der Waals surface area contributed by atoms with E-state index in [4.69, 9.17) is 4.74 Å². The molecule has 0 aliphatic heterocycles. The molecule has 0 aliphatic rings. The number of methoxy groups -OCH3 is 1. The second-order valence-corrected chi connectivity index (χ2v) is 6.21. The first-order chi connectivity index (χ1) is 12.5. The molecule has 6 heteroatoms. The first-order valence-electron chi connectivity index (χ1n) is 8.41. The predicted molar refractivity (Wildman–Crippen MR) is 102 cm³/mol. The average Bonchev–Trinajstić information content (AvgIpc) is 2.61. The van der Waals surface area contributed by atoms with Crippen molar-refractivity contribution in [3.63, 3.8) is 0 Å². The minimum atomic E-state index is -0.188. The fourth-order valence-electron chi connectivity index (χ4n) is 2.41. The quantitative estimate of drug-likeness (QED) is 0.762. The van der Waals surface area contributed by atoms with Gasteiger partial charge in [-0.15, -0.1) is 0 Å². The number of benzene rings is 2. The number of carbonyl (C=O) groups excluding carboxylic acids is 2. The van der Waals surface area contributed by atoms with E-state index in [9.17, 15) is 9.59 Å². The van der Waals surface area contributed by atoms with E-state index in [1.54, 1.807) is 43.3 Å². The van der Waals surface area contributed by atoms with Crippen LogP contribution in [0, 0.1) is 6.92 Å². The molecule has 0 fully saturated rings. The molecule has 2 N–H and O–H groups in total. The van der Waals surface area contributed by atoms with Gasteiger partial charge in [0.25, 0.3) is 0 Å². The topological polar surface area (TPSA) is 70.7 Å². The maximum atomic E-state index is 12.1. The minimum Gasteiger partial charge on any atom is -0.497 e. The van der Waals surface area contributed by atoms with E-state index in [1.165, 1.54) is 5.56 Å². The lowest BCUT2D eigenvalue weighted by atomic mass is 10.1. The fraction of sp³-hybridized carbons (Fsp3) is 0.300. The SMILES string of the molecule is COc1cccc(NC(=O)CN(C)CC(=O)NCc2ccc(C)cc2)c1. The zero-order valence-corrected chi connectivity index (χ0v) is 15.4. The van der Waals surface area contributed by atoms with E-state index in [1.807, 2.05) is 31.2 Å². The van der Waals surface area contributed by atoms with Gasteiger partial charge in [0.05, 0.1) is 20.2 Å². The van der Waals surface area contributed by atoms with Crippen LogP contribution in [0.3, 0.4) is 0 Å². The Kier molecular flexibility index (Phi) is 7.17. The Bertz CT molecular complexity index is 744. The van der Waals surface area contributed by atoms with Gasteiger partial charge in [0, 0.05) is 18.3 Å². The van der Waals surface area contributed by atoms with Crippen LogP contribution in [-0.2, 0) is 16.1 Å². The molecule has 2 aromatic rings. The molecule has 6 nitrogen and oxygen atoms in total. The van der Waals surface area contributed by atoms with Crippen LogP contribution in [0.5, 0.6) is 5.75 Å². The molecular formula is C20H25N3O3. The lowest BCUT2D eigenvalue weighted by molar-refractivity contribution is -0.123. The summed E-state index contributed by atoms with van der Waals surface area (Å²) in [7, 11) is 3.31. The van der Waals surface area contributed by atoms with Crippen molar-refractivity contribution in [3.05, 3.63) is 59.7 Å². The molecule has 0 atom stereocenters. The number of nitrogens with zero attached hydrogens (tertiary/aromatic N) is 1. The van der Waals surface area contributed by atoms with Crippen molar-refractivity contribution >= 4 is 17.5 Å². The fourth-order valence-corrected chi connectivity index (χ4v) is 2.41. The van der Waals surface area contributed by atoms with Gasteiger partial charge in [0.15, 0.2) is 0 Å². The second-order valence-electron chi connectivity index (χ2n) is 6.21. The standard InChI is InChI=1S/C20H25N3O3/c1-15-7-9-16(10-8-15)12-21-19(24)13-23(2)14-20(25)22-17-5-4-6-18(11-17)26-3/h4-11H,12-14H2,1-3H3,(H,21,24)(H,22,25). The average molecular weight is 355 g/mol. The molecule has 0 unspecified atom stereocenters. The van der Waals surface area contributed by atoms with E-state index in [0.29, 0.717) is 18.0 Å². The summed E-state index contributed by atoms with van der Waals surface area (Å²) in [5.41, 5.74) is 2.89. The number of carbonyl (C=O) groups is 2. The second kappa shape index (κ2) is 9.58. The summed E-state index contributed by atoms with van der Waals surface area (Å²) in [6, 6.07) is 15.1. The van der Waals surface area contributed by atoms with Crippen molar-refractivity contribution in [3.8, 4) is 5.75 Å². The van der Waals surface area contributed by atoms with Crippen LogP contribution in [0.2, 0.25) is 0 Å². The van der Waals surface area contributed by atoms with Crippen molar-refractivity contribution < 1.29 is 14.3 Å². The molecule has 2 amide bonds. The van der Waals surface area contributed by atoms with Gasteiger partial charge in [-0.25, -0.2) is 0 Å². The highest BCUT2D eigenvalue weighted by Crippen LogP contribution is 2.16. The Hall–Kier alpha value is -2.86. The first kappa shape index (κ1) is 19.5. The minimum absolute atomic E-state index is 0.120. The smallest absolute Gasteiger partial charge is 0.238 e. The van der Waals surface area contributed by atoms with Crippen LogP contribution in [0.4, 0.5) is 5.69 Å². The van der Waals surface area contributed by atoms with Crippen molar-refractivity contribution in [2.24, 2.45) is 0 Å². The molecule has 0 spiro atoms. The summed E-state index contributed by atoms with van der Waals surface area (Å²) >= 11 is 0. The Balaban J connectivity index is 1.74. The van der Waals surface area contributed by atoms with Crippen LogP contribution in [0.15, 0.2) is 48.5 Å². The van der Waals surface area contributed by atoms with Crippen LogP contribution >= 0.6 is 0 Å². The summed E-state index contributed by atoms with van der Waals surface area (Å²) in [5, 5.41) is 5.65. The molecular weight excluding hydrogens is 330 g/mol. The molecule has 138 valence electrons. The van der Waals surface area contributed by atoms with Crippen molar-refractivity contribution in [2.75, 3.05) is 32.6 Å². The van der Waals surface area contributed by atoms with Crippen LogP contribution in [-0.4, -0.2) is 44.0 Å². The predicted octanol–water partition coefficient (Wildman–Crippen LogP) is 2.19. The normalized spacial score (nSPS) is 10.5. The third-order valence-corrected chi connectivity index (χ3v) is 3.79. The van der Waals surface area contributed by atoms with Gasteiger partial charge in [0.2, 0.25) is 11.8 Å². The van der Waals surface area contributed by atoms with Crippen molar-refractivity contribution in [1.82, 2.24) is 10.2 Å². The van der Waals surface area contributed by atoms with E-state index < -0.39 is 0 Å². The van der Waals surface area contributed by atoms with Crippen LogP contribution in [0.1, 0.15) is 11.1 Å². The van der Waals surface area contributed by atoms with E-state index in [0.717, 1.165) is 5.56 Å². The highest BCUT2D eigenvalue weighted by molar-refractivity contribution is 5.92.